The van der Waals surface area contributed by atoms with Gasteiger partial charge in [-0.25, -0.2) is 32.9 Å². The molecule has 1 saturated heterocycles. The molecule has 1 fully saturated rings. The van der Waals surface area contributed by atoms with Gasteiger partial charge in [0.15, 0.2) is 5.82 Å². The smallest absolute Gasteiger partial charge is 0.341 e. The number of nitrogens with zero attached hydrogens (tertiary/aromatic N) is 8. The Morgan fingerprint density at radius 3 is 2.47 bits per heavy atom. The molecular weight excluding hydrogens is 501 g/mol. The minimum absolute atomic E-state index is 0.0927. The summed E-state index contributed by atoms with van der Waals surface area (Å²) in [5, 5.41) is 19.1. The van der Waals surface area contributed by atoms with E-state index < -0.39 is 23.5 Å². The number of hydrogen-bond acceptors (Lipinski definition) is 7. The molecule has 1 aromatic carbocycles. The third-order valence-electron chi connectivity index (χ3n) is 6.79. The van der Waals surface area contributed by atoms with E-state index in [4.69, 9.17) is 0 Å². The molecule has 0 aliphatic carbocycles. The lowest BCUT2D eigenvalue weighted by molar-refractivity contribution is 0.139. The lowest BCUT2D eigenvalue weighted by Gasteiger charge is -2.37. The SMILES string of the molecule is Cc1nn(CCO)c(C)c1-c1nc(N2CCN(C(=O)N3N=CC[C@H]3c3cc(F)cc(F)c3)CC2)ncc1F. The standard InChI is InChI=1S/C25H27F3N8O2/c1-15-22(16(2)35(32-15)9-10-37)23-20(28)14-29-24(31-23)33-5-7-34(8-6-33)25(38)36-21(3-4-30-36)17-11-18(26)13-19(27)12-17/h4,11-14,21,37H,3,5-10H2,1-2H3/t21-/m0/s1. The van der Waals surface area contributed by atoms with E-state index in [1.807, 2.05) is 4.90 Å². The Hall–Kier alpha value is -4.00. The molecule has 10 nitrogen and oxygen atoms in total. The van der Waals surface area contributed by atoms with Gasteiger partial charge in [0, 0.05) is 56.1 Å². The van der Waals surface area contributed by atoms with Crippen LogP contribution in [-0.4, -0.2) is 79.8 Å². The van der Waals surface area contributed by atoms with Crippen molar-refractivity contribution in [2.75, 3.05) is 37.7 Å². The van der Waals surface area contributed by atoms with E-state index in [0.29, 0.717) is 61.1 Å². The lowest BCUT2D eigenvalue weighted by atomic mass is 10.0. The van der Waals surface area contributed by atoms with Crippen LogP contribution in [0.2, 0.25) is 0 Å². The highest BCUT2D eigenvalue weighted by Crippen LogP contribution is 2.31. The first-order valence-electron chi connectivity index (χ1n) is 12.3. The molecule has 0 bridgehead atoms. The number of piperazine rings is 1. The van der Waals surface area contributed by atoms with Crippen LogP contribution in [0.1, 0.15) is 29.4 Å². The quantitative estimate of drug-likeness (QED) is 0.546. The van der Waals surface area contributed by atoms with Crippen LogP contribution in [0.25, 0.3) is 11.3 Å². The monoisotopic (exact) mass is 528 g/mol. The van der Waals surface area contributed by atoms with Crippen LogP contribution in [0.5, 0.6) is 0 Å². The van der Waals surface area contributed by atoms with Crippen molar-refractivity contribution in [3.63, 3.8) is 0 Å². The summed E-state index contributed by atoms with van der Waals surface area (Å²) < 4.78 is 43.9. The van der Waals surface area contributed by atoms with Crippen LogP contribution in [0.3, 0.4) is 0 Å². The first-order valence-corrected chi connectivity index (χ1v) is 12.3. The summed E-state index contributed by atoms with van der Waals surface area (Å²) in [4.78, 5) is 25.4. The summed E-state index contributed by atoms with van der Waals surface area (Å²) in [6.07, 6.45) is 3.04. The Morgan fingerprint density at radius 1 is 1.08 bits per heavy atom. The number of aliphatic hydroxyl groups is 1. The Balaban J connectivity index is 1.29. The second-order valence-electron chi connectivity index (χ2n) is 9.21. The molecule has 2 aliphatic heterocycles. The molecule has 4 heterocycles. The van der Waals surface area contributed by atoms with E-state index >= 15 is 0 Å². The van der Waals surface area contributed by atoms with Crippen LogP contribution in [0, 0.1) is 31.3 Å². The number of carbonyl (C=O) groups is 1. The van der Waals surface area contributed by atoms with Crippen molar-refractivity contribution in [1.29, 1.82) is 0 Å². The van der Waals surface area contributed by atoms with Crippen LogP contribution in [0.15, 0.2) is 29.5 Å². The molecule has 2 aromatic heterocycles. The van der Waals surface area contributed by atoms with Crippen LogP contribution >= 0.6 is 0 Å². The number of hydrogen-bond donors (Lipinski definition) is 1. The number of hydrazone groups is 1. The van der Waals surface area contributed by atoms with Crippen molar-refractivity contribution in [1.82, 2.24) is 29.7 Å². The van der Waals surface area contributed by atoms with Gasteiger partial charge in [-0.05, 0) is 31.5 Å². The number of carbonyl (C=O) groups excluding carboxylic acids is 1. The van der Waals surface area contributed by atoms with Crippen molar-refractivity contribution >= 4 is 18.2 Å². The van der Waals surface area contributed by atoms with Gasteiger partial charge < -0.3 is 14.9 Å². The number of benzene rings is 1. The van der Waals surface area contributed by atoms with Crippen molar-refractivity contribution in [2.45, 2.75) is 32.9 Å². The Kier molecular flexibility index (Phi) is 7.02. The van der Waals surface area contributed by atoms with Crippen LogP contribution in [0.4, 0.5) is 23.9 Å². The summed E-state index contributed by atoms with van der Waals surface area (Å²) in [5.74, 6) is -1.67. The first-order chi connectivity index (χ1) is 18.3. The molecule has 0 saturated carbocycles. The lowest BCUT2D eigenvalue weighted by Crippen LogP contribution is -2.52. The van der Waals surface area contributed by atoms with E-state index in [1.165, 1.54) is 17.1 Å². The molecule has 38 heavy (non-hydrogen) atoms. The molecule has 1 N–H and O–H groups in total. The normalized spacial score (nSPS) is 17.5. The predicted molar refractivity (Wildman–Crippen MR) is 133 cm³/mol. The zero-order chi connectivity index (χ0) is 27.0. The summed E-state index contributed by atoms with van der Waals surface area (Å²) >= 11 is 0. The van der Waals surface area contributed by atoms with E-state index in [1.54, 1.807) is 29.6 Å². The van der Waals surface area contributed by atoms with E-state index in [-0.39, 0.29) is 24.9 Å². The summed E-state index contributed by atoms with van der Waals surface area (Å²) in [7, 11) is 0. The van der Waals surface area contributed by atoms with Gasteiger partial charge >= 0.3 is 6.03 Å². The Bertz CT molecular complexity index is 1370. The van der Waals surface area contributed by atoms with Gasteiger partial charge in [0.1, 0.15) is 17.3 Å². The van der Waals surface area contributed by atoms with Gasteiger partial charge in [0.25, 0.3) is 0 Å². The largest absolute Gasteiger partial charge is 0.394 e. The molecule has 0 radical (unpaired) electrons. The third kappa shape index (κ3) is 4.80. The number of rotatable bonds is 5. The van der Waals surface area contributed by atoms with Gasteiger partial charge in [0.2, 0.25) is 5.95 Å². The maximum atomic E-state index is 14.8. The number of halogens is 3. The van der Waals surface area contributed by atoms with Gasteiger partial charge in [-0.15, -0.1) is 0 Å². The number of aliphatic hydroxyl groups excluding tert-OH is 1. The second-order valence-corrected chi connectivity index (χ2v) is 9.21. The zero-order valence-corrected chi connectivity index (χ0v) is 21.0. The maximum Gasteiger partial charge on any atom is 0.341 e. The summed E-state index contributed by atoms with van der Waals surface area (Å²) in [6, 6.07) is 2.25. The minimum atomic E-state index is -0.710. The third-order valence-corrected chi connectivity index (χ3v) is 6.79. The molecule has 200 valence electrons. The number of aryl methyl sites for hydroxylation is 1. The van der Waals surface area contributed by atoms with Crippen molar-refractivity contribution < 1.29 is 23.1 Å². The van der Waals surface area contributed by atoms with Crippen molar-refractivity contribution in [3.8, 4) is 11.3 Å². The highest BCUT2D eigenvalue weighted by Gasteiger charge is 2.34. The molecule has 3 aromatic rings. The highest BCUT2D eigenvalue weighted by atomic mass is 19.1. The van der Waals surface area contributed by atoms with Gasteiger partial charge in [-0.2, -0.15) is 10.2 Å². The van der Waals surface area contributed by atoms with Crippen molar-refractivity contribution in [3.05, 3.63) is 58.8 Å². The fraction of sp³-hybridized carbons (Fsp3) is 0.400. The number of urea groups is 1. The predicted octanol–water partition coefficient (Wildman–Crippen LogP) is 3.04. The van der Waals surface area contributed by atoms with E-state index in [9.17, 15) is 23.1 Å². The average Bonchev–Trinajstić information content (AvgIpc) is 3.49. The molecule has 5 rings (SSSR count). The highest BCUT2D eigenvalue weighted by molar-refractivity contribution is 5.79. The Morgan fingerprint density at radius 2 is 1.79 bits per heavy atom. The zero-order valence-electron chi connectivity index (χ0n) is 21.0. The molecule has 0 unspecified atom stereocenters. The average molecular weight is 529 g/mol. The Labute approximate surface area is 217 Å². The minimum Gasteiger partial charge on any atom is -0.394 e. The number of aromatic nitrogens is 4. The van der Waals surface area contributed by atoms with Gasteiger partial charge in [0.05, 0.1) is 31.1 Å². The van der Waals surface area contributed by atoms with Gasteiger partial charge in [-0.1, -0.05) is 0 Å². The molecule has 2 amide bonds. The molecule has 0 spiro atoms. The molecule has 2 aliphatic rings. The van der Waals surface area contributed by atoms with Crippen LogP contribution in [-0.2, 0) is 6.54 Å². The number of amides is 2. The maximum absolute atomic E-state index is 14.8. The molecular formula is C25H27F3N8O2. The molecule has 1 atom stereocenters. The summed E-state index contributed by atoms with van der Waals surface area (Å²) in [6.45, 7) is 5.21. The first kappa shape index (κ1) is 25.6. The van der Waals surface area contributed by atoms with Crippen molar-refractivity contribution in [2.24, 2.45) is 5.10 Å². The summed E-state index contributed by atoms with van der Waals surface area (Å²) in [5.41, 5.74) is 2.31. The van der Waals surface area contributed by atoms with E-state index in [2.05, 4.69) is 20.2 Å². The fourth-order valence-electron chi connectivity index (χ4n) is 4.92. The van der Waals surface area contributed by atoms with E-state index in [0.717, 1.165) is 12.3 Å². The number of anilines is 1. The topological polar surface area (TPSA) is 103 Å². The van der Waals surface area contributed by atoms with Gasteiger partial charge in [-0.3, -0.25) is 4.68 Å². The fourth-order valence-corrected chi connectivity index (χ4v) is 4.92. The molecule has 13 heteroatoms. The van der Waals surface area contributed by atoms with Crippen LogP contribution < -0.4 is 4.90 Å². The second kappa shape index (κ2) is 10.4.